The zero-order valence-corrected chi connectivity index (χ0v) is 12.1. The Morgan fingerprint density at radius 2 is 1.70 bits per heavy atom. The Balaban J connectivity index is 2.15. The summed E-state index contributed by atoms with van der Waals surface area (Å²) < 4.78 is 5.41. The highest BCUT2D eigenvalue weighted by Gasteiger charge is 2.16. The van der Waals surface area contributed by atoms with Crippen LogP contribution in [0.15, 0.2) is 54.6 Å². The number of hydrogen-bond acceptors (Lipinski definition) is 3. The van der Waals surface area contributed by atoms with Gasteiger partial charge in [0.05, 0.1) is 7.11 Å². The van der Waals surface area contributed by atoms with Crippen molar-refractivity contribution in [2.75, 3.05) is 20.7 Å². The van der Waals surface area contributed by atoms with Gasteiger partial charge in [-0.2, -0.15) is 0 Å². The average Bonchev–Trinajstić information content (AvgIpc) is 2.49. The quantitative estimate of drug-likeness (QED) is 0.877. The van der Waals surface area contributed by atoms with Crippen molar-refractivity contribution in [3.8, 4) is 5.75 Å². The number of para-hydroxylation sites is 1. The molecule has 1 unspecified atom stereocenters. The second-order valence-electron chi connectivity index (χ2n) is 4.89. The molecule has 0 aliphatic heterocycles. The van der Waals surface area contributed by atoms with Crippen molar-refractivity contribution < 1.29 is 4.74 Å². The minimum Gasteiger partial charge on any atom is -0.496 e. The zero-order valence-electron chi connectivity index (χ0n) is 12.1. The summed E-state index contributed by atoms with van der Waals surface area (Å²) in [5.41, 5.74) is 8.37. The maximum atomic E-state index is 5.96. The number of methoxy groups -OCH3 is 1. The first-order valence-electron chi connectivity index (χ1n) is 6.83. The van der Waals surface area contributed by atoms with E-state index in [1.807, 2.05) is 24.3 Å². The molecule has 1 atom stereocenters. The minimum absolute atomic E-state index is 0.209. The molecule has 0 aliphatic rings. The maximum absolute atomic E-state index is 5.96. The first kappa shape index (κ1) is 14.6. The molecule has 0 saturated carbocycles. The van der Waals surface area contributed by atoms with Crippen LogP contribution in [0.2, 0.25) is 0 Å². The molecule has 2 rings (SSSR count). The van der Waals surface area contributed by atoms with Crippen LogP contribution in [0.3, 0.4) is 0 Å². The van der Waals surface area contributed by atoms with E-state index in [2.05, 4.69) is 42.3 Å². The average molecular weight is 270 g/mol. The smallest absolute Gasteiger partial charge is 0.123 e. The van der Waals surface area contributed by atoms with E-state index < -0.39 is 0 Å². The SMILES string of the molecule is COc1ccccc1CN(C)C(CN)c1ccccc1. The summed E-state index contributed by atoms with van der Waals surface area (Å²) in [6.07, 6.45) is 0. The molecule has 0 spiro atoms. The Morgan fingerprint density at radius 1 is 1.05 bits per heavy atom. The summed E-state index contributed by atoms with van der Waals surface area (Å²) in [6.45, 7) is 1.40. The predicted octanol–water partition coefficient (Wildman–Crippen LogP) is 2.83. The Morgan fingerprint density at radius 3 is 2.35 bits per heavy atom. The van der Waals surface area contributed by atoms with Crippen LogP contribution in [0.5, 0.6) is 5.75 Å². The fourth-order valence-corrected chi connectivity index (χ4v) is 2.46. The Bertz CT molecular complexity index is 528. The third-order valence-electron chi connectivity index (χ3n) is 3.55. The highest BCUT2D eigenvalue weighted by atomic mass is 16.5. The standard InChI is InChI=1S/C17H22N2O/c1-19(13-15-10-6-7-11-17(15)20-2)16(12-18)14-8-4-3-5-9-14/h3-11,16H,12-13,18H2,1-2H3. The number of rotatable bonds is 6. The summed E-state index contributed by atoms with van der Waals surface area (Å²) in [6, 6.07) is 18.7. The number of ether oxygens (including phenoxy) is 1. The van der Waals surface area contributed by atoms with Gasteiger partial charge < -0.3 is 10.5 Å². The molecule has 3 heteroatoms. The van der Waals surface area contributed by atoms with E-state index in [9.17, 15) is 0 Å². The van der Waals surface area contributed by atoms with Crippen molar-refractivity contribution in [3.05, 3.63) is 65.7 Å². The van der Waals surface area contributed by atoms with E-state index in [1.54, 1.807) is 7.11 Å². The van der Waals surface area contributed by atoms with E-state index in [-0.39, 0.29) is 6.04 Å². The van der Waals surface area contributed by atoms with Crippen molar-refractivity contribution in [1.29, 1.82) is 0 Å². The predicted molar refractivity (Wildman–Crippen MR) is 82.7 cm³/mol. The van der Waals surface area contributed by atoms with Crippen LogP contribution in [0.25, 0.3) is 0 Å². The van der Waals surface area contributed by atoms with Gasteiger partial charge in [0.1, 0.15) is 5.75 Å². The molecule has 0 heterocycles. The van der Waals surface area contributed by atoms with Crippen molar-refractivity contribution >= 4 is 0 Å². The number of nitrogens with zero attached hydrogens (tertiary/aromatic N) is 1. The molecule has 0 fully saturated rings. The van der Waals surface area contributed by atoms with Gasteiger partial charge in [0.15, 0.2) is 0 Å². The van der Waals surface area contributed by atoms with E-state index in [0.717, 1.165) is 12.3 Å². The minimum atomic E-state index is 0.209. The van der Waals surface area contributed by atoms with E-state index in [0.29, 0.717) is 6.54 Å². The molecule has 106 valence electrons. The molecule has 2 aromatic rings. The number of benzene rings is 2. The van der Waals surface area contributed by atoms with Gasteiger partial charge in [0, 0.05) is 24.7 Å². The lowest BCUT2D eigenvalue weighted by atomic mass is 10.0. The number of nitrogens with two attached hydrogens (primary N) is 1. The van der Waals surface area contributed by atoms with Gasteiger partial charge in [0.25, 0.3) is 0 Å². The van der Waals surface area contributed by atoms with E-state index >= 15 is 0 Å². The summed E-state index contributed by atoms with van der Waals surface area (Å²) >= 11 is 0. The first-order chi connectivity index (χ1) is 9.76. The van der Waals surface area contributed by atoms with Gasteiger partial charge in [-0.1, -0.05) is 48.5 Å². The summed E-state index contributed by atoms with van der Waals surface area (Å²) in [5, 5.41) is 0. The van der Waals surface area contributed by atoms with Crippen molar-refractivity contribution in [1.82, 2.24) is 4.90 Å². The lowest BCUT2D eigenvalue weighted by Gasteiger charge is -2.28. The molecule has 0 aromatic heterocycles. The third kappa shape index (κ3) is 3.38. The van der Waals surface area contributed by atoms with Crippen molar-refractivity contribution in [3.63, 3.8) is 0 Å². The third-order valence-corrected chi connectivity index (χ3v) is 3.55. The molecule has 20 heavy (non-hydrogen) atoms. The maximum Gasteiger partial charge on any atom is 0.123 e. The second-order valence-corrected chi connectivity index (χ2v) is 4.89. The molecule has 0 amide bonds. The van der Waals surface area contributed by atoms with E-state index in [1.165, 1.54) is 11.1 Å². The Kier molecular flexibility index (Phi) is 5.16. The van der Waals surface area contributed by atoms with Crippen LogP contribution in [0.1, 0.15) is 17.2 Å². The number of hydrogen-bond donors (Lipinski definition) is 1. The molecular formula is C17H22N2O. The topological polar surface area (TPSA) is 38.5 Å². The molecular weight excluding hydrogens is 248 g/mol. The van der Waals surface area contributed by atoms with Crippen LogP contribution in [0, 0.1) is 0 Å². The molecule has 2 aromatic carbocycles. The molecule has 3 nitrogen and oxygen atoms in total. The number of likely N-dealkylation sites (N-methyl/N-ethyl adjacent to an activating group) is 1. The van der Waals surface area contributed by atoms with Crippen LogP contribution in [-0.4, -0.2) is 25.6 Å². The Hall–Kier alpha value is -1.84. The fourth-order valence-electron chi connectivity index (χ4n) is 2.46. The van der Waals surface area contributed by atoms with Crippen LogP contribution in [-0.2, 0) is 6.54 Å². The van der Waals surface area contributed by atoms with Crippen molar-refractivity contribution in [2.45, 2.75) is 12.6 Å². The van der Waals surface area contributed by atoms with Crippen LogP contribution < -0.4 is 10.5 Å². The van der Waals surface area contributed by atoms with Crippen molar-refractivity contribution in [2.24, 2.45) is 5.73 Å². The first-order valence-corrected chi connectivity index (χ1v) is 6.83. The lowest BCUT2D eigenvalue weighted by molar-refractivity contribution is 0.238. The van der Waals surface area contributed by atoms with Gasteiger partial charge >= 0.3 is 0 Å². The molecule has 2 N–H and O–H groups in total. The molecule has 0 saturated heterocycles. The summed E-state index contributed by atoms with van der Waals surface area (Å²) in [5.74, 6) is 0.920. The summed E-state index contributed by atoms with van der Waals surface area (Å²) in [7, 11) is 3.80. The molecule has 0 bridgehead atoms. The van der Waals surface area contributed by atoms with Gasteiger partial charge in [-0.05, 0) is 18.7 Å². The molecule has 0 aliphatic carbocycles. The highest BCUT2D eigenvalue weighted by molar-refractivity contribution is 5.33. The lowest BCUT2D eigenvalue weighted by Crippen LogP contribution is -2.30. The van der Waals surface area contributed by atoms with Gasteiger partial charge in [-0.3, -0.25) is 4.90 Å². The van der Waals surface area contributed by atoms with E-state index in [4.69, 9.17) is 10.5 Å². The van der Waals surface area contributed by atoms with Gasteiger partial charge in [0.2, 0.25) is 0 Å². The summed E-state index contributed by atoms with van der Waals surface area (Å²) in [4.78, 5) is 2.26. The van der Waals surface area contributed by atoms with Gasteiger partial charge in [-0.25, -0.2) is 0 Å². The fraction of sp³-hybridized carbons (Fsp3) is 0.294. The van der Waals surface area contributed by atoms with Crippen LogP contribution >= 0.6 is 0 Å². The second kappa shape index (κ2) is 7.08. The zero-order chi connectivity index (χ0) is 14.4. The molecule has 0 radical (unpaired) electrons. The highest BCUT2D eigenvalue weighted by Crippen LogP contribution is 2.24. The Labute approximate surface area is 121 Å². The van der Waals surface area contributed by atoms with Gasteiger partial charge in [-0.15, -0.1) is 0 Å². The van der Waals surface area contributed by atoms with Crippen LogP contribution in [0.4, 0.5) is 0 Å². The monoisotopic (exact) mass is 270 g/mol. The largest absolute Gasteiger partial charge is 0.496 e. The normalized spacial score (nSPS) is 12.4.